The Bertz CT molecular complexity index is 578. The molecule has 0 saturated heterocycles. The maximum absolute atomic E-state index is 12.9. The molecule has 101 valence electrons. The first-order valence-corrected chi connectivity index (χ1v) is 5.43. The standard InChI is InChI=1S/C12H11F3N3O/c1-3-19-11-17-16-10(18(11)2)8-6-4-5-7-9(8)12(13,14)15/h4-7H,1,3H2,2H3. The van der Waals surface area contributed by atoms with Crippen LogP contribution in [0.3, 0.4) is 0 Å². The molecule has 1 heterocycles. The normalized spacial score (nSPS) is 11.6. The number of hydrogen-bond acceptors (Lipinski definition) is 3. The summed E-state index contributed by atoms with van der Waals surface area (Å²) in [5.41, 5.74) is -0.796. The van der Waals surface area contributed by atoms with Gasteiger partial charge in [-0.05, 0) is 13.0 Å². The van der Waals surface area contributed by atoms with Crippen LogP contribution in [-0.4, -0.2) is 21.4 Å². The minimum absolute atomic E-state index is 0.0380. The zero-order chi connectivity index (χ0) is 14.0. The van der Waals surface area contributed by atoms with Crippen LogP contribution in [0.15, 0.2) is 24.3 Å². The third kappa shape index (κ3) is 2.54. The van der Waals surface area contributed by atoms with E-state index in [0.29, 0.717) is 0 Å². The fourth-order valence-corrected chi connectivity index (χ4v) is 1.69. The molecule has 0 unspecified atom stereocenters. The van der Waals surface area contributed by atoms with Gasteiger partial charge in [-0.25, -0.2) is 0 Å². The van der Waals surface area contributed by atoms with Crippen molar-refractivity contribution in [3.63, 3.8) is 0 Å². The zero-order valence-corrected chi connectivity index (χ0v) is 10.1. The topological polar surface area (TPSA) is 39.9 Å². The minimum atomic E-state index is -4.45. The quantitative estimate of drug-likeness (QED) is 0.861. The highest BCUT2D eigenvalue weighted by Crippen LogP contribution is 2.36. The number of ether oxygens (including phenoxy) is 1. The van der Waals surface area contributed by atoms with Crippen LogP contribution < -0.4 is 4.74 Å². The Labute approximate surface area is 107 Å². The Morgan fingerprint density at radius 1 is 1.26 bits per heavy atom. The third-order valence-electron chi connectivity index (χ3n) is 2.54. The molecule has 0 aliphatic carbocycles. The Kier molecular flexibility index (Phi) is 3.46. The lowest BCUT2D eigenvalue weighted by atomic mass is 10.1. The summed E-state index contributed by atoms with van der Waals surface area (Å²) in [6, 6.07) is 5.33. The fourth-order valence-electron chi connectivity index (χ4n) is 1.69. The van der Waals surface area contributed by atoms with Crippen molar-refractivity contribution in [2.45, 2.75) is 6.18 Å². The molecule has 1 aromatic heterocycles. The monoisotopic (exact) mass is 270 g/mol. The van der Waals surface area contributed by atoms with Crippen LogP contribution in [0.25, 0.3) is 11.4 Å². The summed E-state index contributed by atoms with van der Waals surface area (Å²) in [6.07, 6.45) is -4.45. The zero-order valence-electron chi connectivity index (χ0n) is 10.1. The molecule has 0 N–H and O–H groups in total. The average Bonchev–Trinajstić information content (AvgIpc) is 2.71. The molecule has 19 heavy (non-hydrogen) atoms. The van der Waals surface area contributed by atoms with Gasteiger partial charge in [-0.3, -0.25) is 4.57 Å². The highest BCUT2D eigenvalue weighted by molar-refractivity contribution is 5.61. The molecule has 0 bridgehead atoms. The predicted molar refractivity (Wildman–Crippen MR) is 62.3 cm³/mol. The lowest BCUT2D eigenvalue weighted by molar-refractivity contribution is -0.137. The Balaban J connectivity index is 2.54. The van der Waals surface area contributed by atoms with Crippen LogP contribution >= 0.6 is 0 Å². The average molecular weight is 270 g/mol. The second-order valence-electron chi connectivity index (χ2n) is 3.76. The van der Waals surface area contributed by atoms with Gasteiger partial charge in [-0.15, -0.1) is 5.10 Å². The summed E-state index contributed by atoms with van der Waals surface area (Å²) in [4.78, 5) is 0. The molecule has 0 atom stereocenters. The largest absolute Gasteiger partial charge is 0.464 e. The highest BCUT2D eigenvalue weighted by atomic mass is 19.4. The van der Waals surface area contributed by atoms with Crippen LogP contribution in [0, 0.1) is 6.92 Å². The van der Waals surface area contributed by atoms with Crippen molar-refractivity contribution in [3.8, 4) is 17.4 Å². The number of alkyl halides is 3. The van der Waals surface area contributed by atoms with Crippen LogP contribution in [0.2, 0.25) is 0 Å². The van der Waals surface area contributed by atoms with E-state index in [1.165, 1.54) is 29.8 Å². The highest BCUT2D eigenvalue weighted by Gasteiger charge is 2.34. The lowest BCUT2D eigenvalue weighted by Crippen LogP contribution is -2.09. The van der Waals surface area contributed by atoms with Crippen molar-refractivity contribution in [2.24, 2.45) is 7.05 Å². The van der Waals surface area contributed by atoms with E-state index in [-0.39, 0.29) is 24.0 Å². The molecule has 2 rings (SSSR count). The lowest BCUT2D eigenvalue weighted by Gasteiger charge is -2.12. The fraction of sp³-hybridized carbons (Fsp3) is 0.250. The van der Waals surface area contributed by atoms with Gasteiger partial charge in [0.05, 0.1) is 12.2 Å². The molecule has 4 nitrogen and oxygen atoms in total. The van der Waals surface area contributed by atoms with Crippen molar-refractivity contribution in [2.75, 3.05) is 6.61 Å². The van der Waals surface area contributed by atoms with Crippen molar-refractivity contribution < 1.29 is 17.9 Å². The van der Waals surface area contributed by atoms with Gasteiger partial charge in [0.1, 0.15) is 0 Å². The number of rotatable bonds is 3. The van der Waals surface area contributed by atoms with Gasteiger partial charge in [0, 0.05) is 12.6 Å². The van der Waals surface area contributed by atoms with E-state index >= 15 is 0 Å². The van der Waals surface area contributed by atoms with Gasteiger partial charge in [-0.2, -0.15) is 13.2 Å². The van der Waals surface area contributed by atoms with E-state index in [0.717, 1.165) is 6.07 Å². The maximum Gasteiger partial charge on any atom is 0.417 e. The maximum atomic E-state index is 12.9. The summed E-state index contributed by atoms with van der Waals surface area (Å²) in [7, 11) is 1.54. The number of halogens is 3. The van der Waals surface area contributed by atoms with Gasteiger partial charge < -0.3 is 4.74 Å². The number of benzene rings is 1. The number of nitrogens with zero attached hydrogens (tertiary/aromatic N) is 3. The van der Waals surface area contributed by atoms with Crippen molar-refractivity contribution in [1.82, 2.24) is 14.8 Å². The Hall–Kier alpha value is -2.05. The van der Waals surface area contributed by atoms with Crippen LogP contribution in [0.1, 0.15) is 5.56 Å². The SMILES string of the molecule is [CH2]COc1nnc(-c2ccccc2C(F)(F)F)n1C. The summed E-state index contributed by atoms with van der Waals surface area (Å²) in [6.45, 7) is 3.60. The van der Waals surface area contributed by atoms with E-state index in [4.69, 9.17) is 4.74 Å². The number of hydrogen-bond donors (Lipinski definition) is 0. The van der Waals surface area contributed by atoms with Gasteiger partial charge in [-0.1, -0.05) is 23.3 Å². The molecule has 0 aliphatic rings. The van der Waals surface area contributed by atoms with E-state index < -0.39 is 11.7 Å². The molecular formula is C12H11F3N3O. The molecule has 0 fully saturated rings. The van der Waals surface area contributed by atoms with Crippen molar-refractivity contribution in [3.05, 3.63) is 36.8 Å². The first-order valence-electron chi connectivity index (χ1n) is 5.43. The molecular weight excluding hydrogens is 259 g/mol. The van der Waals surface area contributed by atoms with Crippen molar-refractivity contribution >= 4 is 0 Å². The second-order valence-corrected chi connectivity index (χ2v) is 3.76. The van der Waals surface area contributed by atoms with Crippen molar-refractivity contribution in [1.29, 1.82) is 0 Å². The van der Waals surface area contributed by atoms with E-state index in [2.05, 4.69) is 17.1 Å². The summed E-state index contributed by atoms with van der Waals surface area (Å²) in [5.74, 6) is 0.0939. The Morgan fingerprint density at radius 3 is 2.58 bits per heavy atom. The summed E-state index contributed by atoms with van der Waals surface area (Å²) in [5, 5.41) is 7.43. The molecule has 0 aliphatic heterocycles. The third-order valence-corrected chi connectivity index (χ3v) is 2.54. The van der Waals surface area contributed by atoms with Crippen LogP contribution in [0.5, 0.6) is 6.01 Å². The molecule has 0 amide bonds. The summed E-state index contributed by atoms with van der Waals surface area (Å²) >= 11 is 0. The molecule has 1 aromatic carbocycles. The molecule has 0 saturated carbocycles. The first kappa shape index (κ1) is 13.4. The Morgan fingerprint density at radius 2 is 1.95 bits per heavy atom. The van der Waals surface area contributed by atoms with Gasteiger partial charge in [0.15, 0.2) is 5.82 Å². The van der Waals surface area contributed by atoms with Gasteiger partial charge >= 0.3 is 12.2 Å². The number of aromatic nitrogens is 3. The molecule has 2 aromatic rings. The first-order chi connectivity index (χ1) is 8.95. The van der Waals surface area contributed by atoms with Gasteiger partial charge in [0.2, 0.25) is 0 Å². The smallest absolute Gasteiger partial charge is 0.417 e. The molecule has 7 heteroatoms. The minimum Gasteiger partial charge on any atom is -0.464 e. The van der Waals surface area contributed by atoms with E-state index in [1.54, 1.807) is 0 Å². The molecule has 1 radical (unpaired) electrons. The predicted octanol–water partition coefficient (Wildman–Crippen LogP) is 2.71. The van der Waals surface area contributed by atoms with Crippen LogP contribution in [-0.2, 0) is 13.2 Å². The summed E-state index contributed by atoms with van der Waals surface area (Å²) < 4.78 is 45.2. The van der Waals surface area contributed by atoms with E-state index in [9.17, 15) is 13.2 Å². The van der Waals surface area contributed by atoms with E-state index in [1.807, 2.05) is 0 Å². The van der Waals surface area contributed by atoms with Crippen LogP contribution in [0.4, 0.5) is 13.2 Å². The molecule has 0 spiro atoms. The van der Waals surface area contributed by atoms with Gasteiger partial charge in [0.25, 0.3) is 0 Å². The second kappa shape index (κ2) is 4.91.